The standard InChI is InChI=1S/C30H32N4O8/c1-29(2,3)40-27(37)23(42-34-25(35)21-9-7-8-10-22(21)26(34)36)18-39-20-11-12-24(32-17-20)33(19-13-15-31-16-14-19)28(38)41-30(4,5)6/h7-17,23H,18H2,1-6H3. The number of carbonyl (C=O) groups is 4. The molecular weight excluding hydrogens is 544 g/mol. The van der Waals surface area contributed by atoms with E-state index in [0.29, 0.717) is 10.8 Å². The second-order valence-electron chi connectivity index (χ2n) is 11.3. The molecule has 3 amide bonds. The first kappa shape index (κ1) is 30.1. The highest BCUT2D eigenvalue weighted by Crippen LogP contribution is 2.28. The summed E-state index contributed by atoms with van der Waals surface area (Å²) in [6, 6.07) is 12.6. The van der Waals surface area contributed by atoms with Crippen LogP contribution >= 0.6 is 0 Å². The molecule has 220 valence electrons. The van der Waals surface area contributed by atoms with Gasteiger partial charge in [0.1, 0.15) is 29.4 Å². The highest BCUT2D eigenvalue weighted by atomic mass is 16.7. The van der Waals surface area contributed by atoms with Crippen molar-refractivity contribution in [3.8, 4) is 5.75 Å². The first-order valence-electron chi connectivity index (χ1n) is 13.1. The van der Waals surface area contributed by atoms with Gasteiger partial charge in [-0.15, -0.1) is 5.06 Å². The van der Waals surface area contributed by atoms with Crippen molar-refractivity contribution in [2.75, 3.05) is 11.5 Å². The zero-order valence-electron chi connectivity index (χ0n) is 24.2. The number of hydrogen-bond donors (Lipinski definition) is 0. The molecule has 0 fully saturated rings. The van der Waals surface area contributed by atoms with E-state index in [9.17, 15) is 19.2 Å². The van der Waals surface area contributed by atoms with Crippen LogP contribution in [0.15, 0.2) is 67.1 Å². The third kappa shape index (κ3) is 7.26. The number of pyridine rings is 2. The quantitative estimate of drug-likeness (QED) is 0.270. The Labute approximate surface area is 243 Å². The Morgan fingerprint density at radius 2 is 1.45 bits per heavy atom. The molecule has 4 rings (SSSR count). The van der Waals surface area contributed by atoms with Crippen molar-refractivity contribution in [3.63, 3.8) is 0 Å². The van der Waals surface area contributed by atoms with Crippen LogP contribution in [0, 0.1) is 0 Å². The van der Waals surface area contributed by atoms with Crippen molar-refractivity contribution < 1.29 is 38.2 Å². The fourth-order valence-electron chi connectivity index (χ4n) is 3.79. The van der Waals surface area contributed by atoms with E-state index >= 15 is 0 Å². The number of ether oxygens (including phenoxy) is 3. The number of rotatable bonds is 8. The fraction of sp³-hybridized carbons (Fsp3) is 0.333. The summed E-state index contributed by atoms with van der Waals surface area (Å²) in [5, 5.41) is 0.539. The predicted molar refractivity (Wildman–Crippen MR) is 150 cm³/mol. The van der Waals surface area contributed by atoms with Crippen molar-refractivity contribution in [1.82, 2.24) is 15.0 Å². The Bertz CT molecular complexity index is 1430. The number of esters is 1. The lowest BCUT2D eigenvalue weighted by Crippen LogP contribution is -2.43. The molecule has 1 aromatic carbocycles. The van der Waals surface area contributed by atoms with Crippen LogP contribution in [0.3, 0.4) is 0 Å². The molecule has 3 heterocycles. The summed E-state index contributed by atoms with van der Waals surface area (Å²) in [4.78, 5) is 66.9. The summed E-state index contributed by atoms with van der Waals surface area (Å²) in [6.45, 7) is 9.87. The van der Waals surface area contributed by atoms with E-state index < -0.39 is 47.8 Å². The molecule has 0 saturated carbocycles. The maximum absolute atomic E-state index is 13.0. The van der Waals surface area contributed by atoms with Crippen LogP contribution in [0.25, 0.3) is 0 Å². The number of fused-ring (bicyclic) bond motifs is 1. The van der Waals surface area contributed by atoms with Gasteiger partial charge >= 0.3 is 12.1 Å². The molecule has 1 unspecified atom stereocenters. The molecular formula is C30H32N4O8. The monoisotopic (exact) mass is 576 g/mol. The molecule has 1 aliphatic heterocycles. The van der Waals surface area contributed by atoms with Crippen molar-refractivity contribution >= 4 is 35.4 Å². The van der Waals surface area contributed by atoms with E-state index in [1.807, 2.05) is 0 Å². The van der Waals surface area contributed by atoms with Crippen LogP contribution < -0.4 is 9.64 Å². The second-order valence-corrected chi connectivity index (χ2v) is 11.3. The normalized spacial score (nSPS) is 13.8. The van der Waals surface area contributed by atoms with Crippen LogP contribution in [-0.4, -0.2) is 62.8 Å². The van der Waals surface area contributed by atoms with Gasteiger partial charge < -0.3 is 14.2 Å². The number of hydroxylamine groups is 2. The molecule has 12 nitrogen and oxygen atoms in total. The predicted octanol–water partition coefficient (Wildman–Crippen LogP) is 4.87. The topological polar surface area (TPSA) is 137 Å². The summed E-state index contributed by atoms with van der Waals surface area (Å²) in [6.07, 6.45) is 2.31. The van der Waals surface area contributed by atoms with Gasteiger partial charge in [-0.1, -0.05) is 12.1 Å². The Kier molecular flexibility index (Phi) is 8.57. The van der Waals surface area contributed by atoms with Crippen molar-refractivity contribution in [2.24, 2.45) is 0 Å². The first-order valence-corrected chi connectivity index (χ1v) is 13.1. The van der Waals surface area contributed by atoms with E-state index in [1.165, 1.54) is 47.8 Å². The smallest absolute Gasteiger partial charge is 0.420 e. The molecule has 42 heavy (non-hydrogen) atoms. The third-order valence-electron chi connectivity index (χ3n) is 5.51. The van der Waals surface area contributed by atoms with Gasteiger partial charge in [-0.05, 0) is 77.9 Å². The Morgan fingerprint density at radius 1 is 0.857 bits per heavy atom. The van der Waals surface area contributed by atoms with E-state index in [4.69, 9.17) is 19.0 Å². The molecule has 1 aliphatic rings. The Balaban J connectivity index is 1.52. The van der Waals surface area contributed by atoms with Crippen LogP contribution in [0.1, 0.15) is 62.3 Å². The number of carbonyl (C=O) groups excluding carboxylic acids is 4. The van der Waals surface area contributed by atoms with Crippen LogP contribution in [0.5, 0.6) is 5.75 Å². The lowest BCUT2D eigenvalue weighted by molar-refractivity contribution is -0.193. The molecule has 0 bridgehead atoms. The molecule has 0 aliphatic carbocycles. The van der Waals surface area contributed by atoms with Gasteiger partial charge in [0.15, 0.2) is 0 Å². The molecule has 2 aromatic heterocycles. The largest absolute Gasteiger partial charge is 0.489 e. The van der Waals surface area contributed by atoms with Crippen LogP contribution in [0.2, 0.25) is 0 Å². The number of anilines is 2. The first-order chi connectivity index (χ1) is 19.7. The van der Waals surface area contributed by atoms with Gasteiger partial charge in [0.25, 0.3) is 11.8 Å². The number of imide groups is 1. The molecule has 3 aromatic rings. The minimum Gasteiger partial charge on any atom is -0.489 e. The lowest BCUT2D eigenvalue weighted by atomic mass is 10.1. The van der Waals surface area contributed by atoms with Gasteiger partial charge in [0.05, 0.1) is 23.0 Å². The van der Waals surface area contributed by atoms with E-state index in [-0.39, 0.29) is 22.7 Å². The number of aromatic nitrogens is 2. The van der Waals surface area contributed by atoms with E-state index in [1.54, 1.807) is 65.8 Å². The average molecular weight is 577 g/mol. The highest BCUT2D eigenvalue weighted by molar-refractivity contribution is 6.20. The summed E-state index contributed by atoms with van der Waals surface area (Å²) >= 11 is 0. The highest BCUT2D eigenvalue weighted by Gasteiger charge is 2.40. The van der Waals surface area contributed by atoms with Crippen molar-refractivity contribution in [2.45, 2.75) is 58.8 Å². The molecule has 1 atom stereocenters. The van der Waals surface area contributed by atoms with Gasteiger partial charge in [0.2, 0.25) is 6.10 Å². The van der Waals surface area contributed by atoms with E-state index in [0.717, 1.165) is 0 Å². The number of amides is 3. The zero-order valence-corrected chi connectivity index (χ0v) is 24.2. The molecule has 12 heteroatoms. The maximum atomic E-state index is 13.0. The van der Waals surface area contributed by atoms with Crippen LogP contribution in [-0.2, 0) is 19.1 Å². The Morgan fingerprint density at radius 3 is 1.98 bits per heavy atom. The van der Waals surface area contributed by atoms with Gasteiger partial charge in [-0.2, -0.15) is 0 Å². The molecule has 0 radical (unpaired) electrons. The summed E-state index contributed by atoms with van der Waals surface area (Å²) in [5.41, 5.74) is -0.812. The minimum atomic E-state index is -1.47. The summed E-state index contributed by atoms with van der Waals surface area (Å²) in [7, 11) is 0. The van der Waals surface area contributed by atoms with Crippen molar-refractivity contribution in [1.29, 1.82) is 0 Å². The number of nitrogens with zero attached hydrogens (tertiary/aromatic N) is 4. The number of hydrogen-bond acceptors (Lipinski definition) is 10. The van der Waals surface area contributed by atoms with Gasteiger partial charge in [0, 0.05) is 12.4 Å². The van der Waals surface area contributed by atoms with Crippen LogP contribution in [0.4, 0.5) is 16.3 Å². The maximum Gasteiger partial charge on any atom is 0.420 e. The lowest BCUT2D eigenvalue weighted by Gasteiger charge is -2.27. The minimum absolute atomic E-state index is 0.162. The average Bonchev–Trinajstić information content (AvgIpc) is 3.15. The van der Waals surface area contributed by atoms with E-state index in [2.05, 4.69) is 9.97 Å². The number of benzene rings is 1. The van der Waals surface area contributed by atoms with Gasteiger partial charge in [-0.25, -0.2) is 24.3 Å². The van der Waals surface area contributed by atoms with Crippen molar-refractivity contribution in [3.05, 3.63) is 78.2 Å². The molecule has 0 N–H and O–H groups in total. The molecule has 0 saturated heterocycles. The summed E-state index contributed by atoms with van der Waals surface area (Å²) < 4.78 is 16.8. The second kappa shape index (κ2) is 12.0. The SMILES string of the molecule is CC(C)(C)OC(=O)C(COc1ccc(N(C(=O)OC(C)(C)C)c2ccncc2)nc1)ON1C(=O)c2ccccc2C1=O. The molecule has 0 spiro atoms. The fourth-order valence-corrected chi connectivity index (χ4v) is 3.79. The van der Waals surface area contributed by atoms with Gasteiger partial charge in [-0.3, -0.25) is 14.6 Å². The Hall–Kier alpha value is -4.84. The zero-order chi connectivity index (χ0) is 30.7. The third-order valence-corrected chi connectivity index (χ3v) is 5.51. The summed E-state index contributed by atoms with van der Waals surface area (Å²) in [5.74, 6) is -1.77.